The molecule has 0 aliphatic carbocycles. The molecule has 1 aliphatic rings. The fraction of sp³-hybridized carbons (Fsp3) is 0.217. The molecule has 0 saturated carbocycles. The van der Waals surface area contributed by atoms with E-state index in [1.54, 1.807) is 54.3 Å². The number of para-hydroxylation sites is 1. The average molecular weight is 465 g/mol. The fourth-order valence-corrected chi connectivity index (χ4v) is 3.22. The van der Waals surface area contributed by atoms with Gasteiger partial charge in [-0.2, -0.15) is 4.98 Å². The van der Waals surface area contributed by atoms with Crippen molar-refractivity contribution in [3.8, 4) is 5.75 Å². The second-order valence-corrected chi connectivity index (χ2v) is 7.48. The van der Waals surface area contributed by atoms with Crippen molar-refractivity contribution in [2.45, 2.75) is 13.0 Å². The maximum atomic E-state index is 12.6. The van der Waals surface area contributed by atoms with Crippen molar-refractivity contribution < 1.29 is 23.8 Å². The molecule has 0 fully saturated rings. The van der Waals surface area contributed by atoms with E-state index in [1.807, 2.05) is 0 Å². The number of nitrogens with zero attached hydrogens (tertiary/aromatic N) is 2. The van der Waals surface area contributed by atoms with E-state index in [9.17, 15) is 14.4 Å². The number of aromatic amines is 1. The Bertz CT molecular complexity index is 1250. The normalized spacial score (nSPS) is 13.0. The van der Waals surface area contributed by atoms with Crippen LogP contribution in [-0.4, -0.2) is 48.0 Å². The Hall–Kier alpha value is -4.38. The molecule has 0 radical (unpaired) electrons. The quantitative estimate of drug-likeness (QED) is 0.333. The van der Waals surface area contributed by atoms with Crippen LogP contribution in [0.25, 0.3) is 0 Å². The standard InChI is InChI=1S/C23H23N5O6/c1-14(33-13-28-12-25-18-19(28)26-23(24)27-20(18)29)11-32-22(31)16-9-5-6-10-17(16)34-21(30)15-7-3-2-4-8-15/h2-10,14,25H,11-13H2,1H3,(H3,24,26,27,29). The van der Waals surface area contributed by atoms with Crippen LogP contribution >= 0.6 is 0 Å². The maximum Gasteiger partial charge on any atom is 0.343 e. The van der Waals surface area contributed by atoms with Gasteiger partial charge in [0.25, 0.3) is 5.56 Å². The third kappa shape index (κ3) is 5.15. The molecule has 176 valence electrons. The number of fused-ring (bicyclic) bond motifs is 1. The summed E-state index contributed by atoms with van der Waals surface area (Å²) in [5.74, 6) is -0.736. The first-order chi connectivity index (χ1) is 16.4. The van der Waals surface area contributed by atoms with E-state index in [4.69, 9.17) is 19.9 Å². The molecule has 1 atom stereocenters. The Morgan fingerprint density at radius 1 is 1.12 bits per heavy atom. The highest BCUT2D eigenvalue weighted by atomic mass is 16.6. The van der Waals surface area contributed by atoms with Crippen LogP contribution in [0.2, 0.25) is 0 Å². The predicted octanol–water partition coefficient (Wildman–Crippen LogP) is 1.98. The summed E-state index contributed by atoms with van der Waals surface area (Å²) >= 11 is 0. The third-order valence-electron chi connectivity index (χ3n) is 4.95. The summed E-state index contributed by atoms with van der Waals surface area (Å²) in [5.41, 5.74) is 6.05. The van der Waals surface area contributed by atoms with Gasteiger partial charge in [-0.15, -0.1) is 0 Å². The Morgan fingerprint density at radius 2 is 1.85 bits per heavy atom. The van der Waals surface area contributed by atoms with Crippen LogP contribution in [-0.2, 0) is 9.47 Å². The molecular formula is C23H23N5O6. The van der Waals surface area contributed by atoms with E-state index >= 15 is 0 Å². The molecule has 1 aliphatic heterocycles. The van der Waals surface area contributed by atoms with E-state index < -0.39 is 18.0 Å². The molecule has 11 nitrogen and oxygen atoms in total. The minimum absolute atomic E-state index is 0.00561. The molecule has 2 heterocycles. The Balaban J connectivity index is 1.32. The van der Waals surface area contributed by atoms with E-state index in [0.29, 0.717) is 23.7 Å². The molecule has 0 bridgehead atoms. The molecule has 0 saturated heterocycles. The van der Waals surface area contributed by atoms with E-state index in [0.717, 1.165) is 0 Å². The molecular weight excluding hydrogens is 442 g/mol. The molecule has 3 aromatic rings. The van der Waals surface area contributed by atoms with Gasteiger partial charge < -0.3 is 30.2 Å². The lowest BCUT2D eigenvalue weighted by Crippen LogP contribution is -2.30. The number of ether oxygens (including phenoxy) is 3. The number of carbonyl (C=O) groups is 2. The van der Waals surface area contributed by atoms with Crippen molar-refractivity contribution in [1.82, 2.24) is 9.97 Å². The lowest BCUT2D eigenvalue weighted by atomic mass is 10.2. The molecule has 1 aromatic heterocycles. The summed E-state index contributed by atoms with van der Waals surface area (Å²) in [7, 11) is 0. The Kier molecular flexibility index (Phi) is 6.74. The third-order valence-corrected chi connectivity index (χ3v) is 4.95. The average Bonchev–Trinajstić information content (AvgIpc) is 3.25. The number of nitrogens with one attached hydrogen (secondary N) is 2. The number of nitrogens with two attached hydrogens (primary N) is 1. The molecule has 34 heavy (non-hydrogen) atoms. The number of benzene rings is 2. The van der Waals surface area contributed by atoms with Crippen LogP contribution < -0.4 is 26.2 Å². The first-order valence-corrected chi connectivity index (χ1v) is 10.5. The van der Waals surface area contributed by atoms with Crippen molar-refractivity contribution in [2.75, 3.05) is 36.0 Å². The number of rotatable bonds is 8. The number of H-pyrrole nitrogens is 1. The number of carbonyl (C=O) groups excluding carboxylic acids is 2. The molecule has 4 N–H and O–H groups in total. The van der Waals surface area contributed by atoms with Crippen molar-refractivity contribution in [1.29, 1.82) is 0 Å². The molecule has 2 aromatic carbocycles. The number of nitrogen functional groups attached to an aromatic ring is 1. The van der Waals surface area contributed by atoms with E-state index in [2.05, 4.69) is 15.3 Å². The lowest BCUT2D eigenvalue weighted by molar-refractivity contribution is 0.0000757. The lowest BCUT2D eigenvalue weighted by Gasteiger charge is -2.20. The second-order valence-electron chi connectivity index (χ2n) is 7.48. The van der Waals surface area contributed by atoms with Crippen LogP contribution in [0.5, 0.6) is 5.75 Å². The minimum Gasteiger partial charge on any atom is -0.459 e. The topological polar surface area (TPSA) is 149 Å². The summed E-state index contributed by atoms with van der Waals surface area (Å²) < 4.78 is 16.5. The summed E-state index contributed by atoms with van der Waals surface area (Å²) in [6.45, 7) is 2.11. The van der Waals surface area contributed by atoms with Gasteiger partial charge in [-0.1, -0.05) is 30.3 Å². The van der Waals surface area contributed by atoms with Crippen LogP contribution in [0.3, 0.4) is 0 Å². The largest absolute Gasteiger partial charge is 0.459 e. The first kappa shape index (κ1) is 22.8. The van der Waals surface area contributed by atoms with Crippen molar-refractivity contribution in [3.63, 3.8) is 0 Å². The summed E-state index contributed by atoms with van der Waals surface area (Å²) in [4.78, 5) is 45.1. The number of hydrogen-bond acceptors (Lipinski definition) is 10. The molecule has 0 amide bonds. The zero-order chi connectivity index (χ0) is 24.1. The van der Waals surface area contributed by atoms with Crippen molar-refractivity contribution >= 4 is 29.4 Å². The molecule has 11 heteroatoms. The SMILES string of the molecule is CC(COC(=O)c1ccccc1OC(=O)c1ccccc1)OCN1CNc2c1nc(N)[nH]c2=O. The number of aromatic nitrogens is 2. The zero-order valence-corrected chi connectivity index (χ0v) is 18.3. The van der Waals surface area contributed by atoms with Crippen LogP contribution in [0.15, 0.2) is 59.4 Å². The number of hydrogen-bond donors (Lipinski definition) is 3. The van der Waals surface area contributed by atoms with Crippen LogP contribution in [0.1, 0.15) is 27.6 Å². The summed E-state index contributed by atoms with van der Waals surface area (Å²) in [5, 5.41) is 2.93. The summed E-state index contributed by atoms with van der Waals surface area (Å²) in [6.07, 6.45) is -0.466. The smallest absolute Gasteiger partial charge is 0.343 e. The van der Waals surface area contributed by atoms with Gasteiger partial charge >= 0.3 is 11.9 Å². The Labute approximate surface area is 194 Å². The first-order valence-electron chi connectivity index (χ1n) is 10.5. The molecule has 0 spiro atoms. The van der Waals surface area contributed by atoms with Gasteiger partial charge in [-0.3, -0.25) is 9.78 Å². The second kappa shape index (κ2) is 10.0. The molecule has 4 rings (SSSR count). The van der Waals surface area contributed by atoms with Crippen molar-refractivity contribution in [3.05, 3.63) is 76.1 Å². The van der Waals surface area contributed by atoms with Crippen LogP contribution in [0, 0.1) is 0 Å². The fourth-order valence-electron chi connectivity index (χ4n) is 3.22. The molecule has 1 unspecified atom stereocenters. The van der Waals surface area contributed by atoms with Gasteiger partial charge in [-0.25, -0.2) is 9.59 Å². The number of anilines is 3. The highest BCUT2D eigenvalue weighted by Crippen LogP contribution is 2.25. The van der Waals surface area contributed by atoms with Gasteiger partial charge in [0.05, 0.1) is 18.3 Å². The highest BCUT2D eigenvalue weighted by Gasteiger charge is 2.25. The van der Waals surface area contributed by atoms with Crippen LogP contribution in [0.4, 0.5) is 17.5 Å². The Morgan fingerprint density at radius 3 is 2.65 bits per heavy atom. The van der Waals surface area contributed by atoms with Gasteiger partial charge in [0.2, 0.25) is 5.95 Å². The van der Waals surface area contributed by atoms with E-state index in [-0.39, 0.29) is 36.2 Å². The van der Waals surface area contributed by atoms with Gasteiger partial charge in [0.1, 0.15) is 30.3 Å². The van der Waals surface area contributed by atoms with E-state index in [1.165, 1.54) is 12.1 Å². The predicted molar refractivity (Wildman–Crippen MR) is 124 cm³/mol. The monoisotopic (exact) mass is 465 g/mol. The zero-order valence-electron chi connectivity index (χ0n) is 18.3. The maximum absolute atomic E-state index is 12.6. The minimum atomic E-state index is -0.652. The van der Waals surface area contributed by atoms with Gasteiger partial charge in [-0.05, 0) is 31.2 Å². The highest BCUT2D eigenvalue weighted by molar-refractivity contribution is 5.96. The number of esters is 2. The summed E-state index contributed by atoms with van der Waals surface area (Å²) in [6, 6.07) is 14.8. The van der Waals surface area contributed by atoms with Crippen molar-refractivity contribution in [2.24, 2.45) is 0 Å². The van der Waals surface area contributed by atoms with Gasteiger partial charge in [0.15, 0.2) is 5.82 Å². The van der Waals surface area contributed by atoms with Gasteiger partial charge in [0, 0.05) is 0 Å².